The molecule has 110 valence electrons. The molecule has 0 radical (unpaired) electrons. The van der Waals surface area contributed by atoms with E-state index in [1.165, 1.54) is 30.5 Å². The third kappa shape index (κ3) is 3.12. The Morgan fingerprint density at radius 1 is 1.18 bits per heavy atom. The Kier molecular flexibility index (Phi) is 3.82. The van der Waals surface area contributed by atoms with Gasteiger partial charge >= 0.3 is 6.09 Å². The molecular formula is C16H12FN3O2. The average Bonchev–Trinajstić information content (AvgIpc) is 2.93. The van der Waals surface area contributed by atoms with Crippen molar-refractivity contribution in [2.24, 2.45) is 5.16 Å². The molecule has 1 heterocycles. The summed E-state index contributed by atoms with van der Waals surface area (Å²) in [5.74, 6) is -0.338. The third-order valence-electron chi connectivity index (χ3n) is 3.03. The second-order valence-corrected chi connectivity index (χ2v) is 4.54. The van der Waals surface area contributed by atoms with Crippen molar-refractivity contribution in [3.8, 4) is 0 Å². The van der Waals surface area contributed by atoms with Gasteiger partial charge in [0.1, 0.15) is 5.82 Å². The molecule has 0 aliphatic carbocycles. The molecule has 2 aromatic carbocycles. The number of nitrogens with one attached hydrogen (secondary N) is 2. The van der Waals surface area contributed by atoms with E-state index in [-0.39, 0.29) is 5.82 Å². The zero-order chi connectivity index (χ0) is 15.4. The number of H-pyrrole nitrogens is 1. The summed E-state index contributed by atoms with van der Waals surface area (Å²) in [6.45, 7) is 0. The molecule has 3 aromatic rings. The van der Waals surface area contributed by atoms with Gasteiger partial charge in [-0.2, -0.15) is 0 Å². The van der Waals surface area contributed by atoms with Crippen molar-refractivity contribution in [1.82, 2.24) is 4.98 Å². The Morgan fingerprint density at radius 2 is 1.95 bits per heavy atom. The predicted molar refractivity (Wildman–Crippen MR) is 82.4 cm³/mol. The molecule has 0 bridgehead atoms. The number of oxime groups is 1. The van der Waals surface area contributed by atoms with E-state index in [1.807, 2.05) is 24.3 Å². The SMILES string of the molecule is O=C(Nc1c[nH]c2ccccc12)ON=Cc1ccc(F)cc1. The number of carbonyl (C=O) groups excluding carboxylic acids is 1. The smallest absolute Gasteiger partial charge is 0.359 e. The van der Waals surface area contributed by atoms with Gasteiger partial charge in [-0.05, 0) is 23.8 Å². The van der Waals surface area contributed by atoms with Gasteiger partial charge in [-0.15, -0.1) is 0 Å². The van der Waals surface area contributed by atoms with E-state index < -0.39 is 6.09 Å². The number of carbonyl (C=O) groups is 1. The fourth-order valence-corrected chi connectivity index (χ4v) is 1.99. The van der Waals surface area contributed by atoms with Gasteiger partial charge in [-0.25, -0.2) is 9.18 Å². The van der Waals surface area contributed by atoms with Crippen LogP contribution in [0, 0.1) is 5.82 Å². The van der Waals surface area contributed by atoms with Gasteiger partial charge in [0.25, 0.3) is 0 Å². The number of fused-ring (bicyclic) bond motifs is 1. The molecule has 2 N–H and O–H groups in total. The van der Waals surface area contributed by atoms with Crippen LogP contribution in [0.5, 0.6) is 0 Å². The summed E-state index contributed by atoms with van der Waals surface area (Å²) in [5.41, 5.74) is 2.14. The highest BCUT2D eigenvalue weighted by atomic mass is 19.1. The first-order valence-electron chi connectivity index (χ1n) is 6.55. The van der Waals surface area contributed by atoms with E-state index in [2.05, 4.69) is 15.5 Å². The number of aromatic nitrogens is 1. The summed E-state index contributed by atoms with van der Waals surface area (Å²) >= 11 is 0. The first kappa shape index (κ1) is 13.8. The summed E-state index contributed by atoms with van der Waals surface area (Å²) in [6.07, 6.45) is 2.30. The summed E-state index contributed by atoms with van der Waals surface area (Å²) in [7, 11) is 0. The van der Waals surface area contributed by atoms with Gasteiger partial charge in [-0.3, -0.25) is 10.2 Å². The largest absolute Gasteiger partial charge is 0.437 e. The van der Waals surface area contributed by atoms with Gasteiger partial charge < -0.3 is 4.98 Å². The summed E-state index contributed by atoms with van der Waals surface area (Å²) in [4.78, 5) is 19.4. The molecule has 1 aromatic heterocycles. The van der Waals surface area contributed by atoms with Gasteiger partial charge in [0.05, 0.1) is 11.9 Å². The number of amides is 1. The number of para-hydroxylation sites is 1. The van der Waals surface area contributed by atoms with E-state index in [0.29, 0.717) is 11.3 Å². The Morgan fingerprint density at radius 3 is 2.77 bits per heavy atom. The van der Waals surface area contributed by atoms with Crippen molar-refractivity contribution in [2.45, 2.75) is 0 Å². The third-order valence-corrected chi connectivity index (χ3v) is 3.03. The van der Waals surface area contributed by atoms with Gasteiger partial charge in [-0.1, -0.05) is 35.5 Å². The molecule has 0 saturated heterocycles. The molecule has 0 fully saturated rings. The first-order valence-corrected chi connectivity index (χ1v) is 6.55. The molecule has 0 aliphatic heterocycles. The zero-order valence-electron chi connectivity index (χ0n) is 11.4. The molecular weight excluding hydrogens is 285 g/mol. The second-order valence-electron chi connectivity index (χ2n) is 4.54. The summed E-state index contributed by atoms with van der Waals surface area (Å²) in [6, 6.07) is 13.2. The molecule has 3 rings (SSSR count). The molecule has 0 spiro atoms. The van der Waals surface area contributed by atoms with Crippen LogP contribution in [0.25, 0.3) is 10.9 Å². The van der Waals surface area contributed by atoms with E-state index in [0.717, 1.165) is 10.9 Å². The van der Waals surface area contributed by atoms with Crippen LogP contribution in [0.1, 0.15) is 5.56 Å². The van der Waals surface area contributed by atoms with Crippen LogP contribution in [0.3, 0.4) is 0 Å². The van der Waals surface area contributed by atoms with Gasteiger partial charge in [0, 0.05) is 17.1 Å². The molecule has 22 heavy (non-hydrogen) atoms. The van der Waals surface area contributed by atoms with Crippen LogP contribution < -0.4 is 5.32 Å². The van der Waals surface area contributed by atoms with Crippen molar-refractivity contribution in [3.05, 3.63) is 66.1 Å². The molecule has 0 unspecified atom stereocenters. The normalized spacial score (nSPS) is 11.0. The van der Waals surface area contributed by atoms with E-state index in [4.69, 9.17) is 4.84 Å². The minimum absolute atomic E-state index is 0.338. The van der Waals surface area contributed by atoms with Gasteiger partial charge in [0.15, 0.2) is 0 Å². The minimum Gasteiger partial charge on any atom is -0.359 e. The van der Waals surface area contributed by atoms with Gasteiger partial charge in [0.2, 0.25) is 0 Å². The summed E-state index contributed by atoms with van der Waals surface area (Å²) in [5, 5.41) is 7.03. The maximum Gasteiger partial charge on any atom is 0.437 e. The lowest BCUT2D eigenvalue weighted by atomic mass is 10.2. The fourth-order valence-electron chi connectivity index (χ4n) is 1.99. The molecule has 0 saturated carbocycles. The highest BCUT2D eigenvalue weighted by Crippen LogP contribution is 2.22. The van der Waals surface area contributed by atoms with Crippen LogP contribution in [0.4, 0.5) is 14.9 Å². The van der Waals surface area contributed by atoms with Crippen molar-refractivity contribution in [2.75, 3.05) is 5.32 Å². The number of hydrogen-bond acceptors (Lipinski definition) is 3. The summed E-state index contributed by atoms with van der Waals surface area (Å²) < 4.78 is 12.7. The van der Waals surface area contributed by atoms with Crippen LogP contribution in [0.2, 0.25) is 0 Å². The monoisotopic (exact) mass is 297 g/mol. The lowest BCUT2D eigenvalue weighted by molar-refractivity contribution is 0.167. The van der Waals surface area contributed by atoms with E-state index in [9.17, 15) is 9.18 Å². The minimum atomic E-state index is -0.705. The van der Waals surface area contributed by atoms with Crippen molar-refractivity contribution < 1.29 is 14.0 Å². The highest BCUT2D eigenvalue weighted by Gasteiger charge is 2.07. The first-order chi connectivity index (χ1) is 10.7. The number of anilines is 1. The van der Waals surface area contributed by atoms with E-state index in [1.54, 1.807) is 6.20 Å². The van der Waals surface area contributed by atoms with Crippen molar-refractivity contribution in [3.63, 3.8) is 0 Å². The quantitative estimate of drug-likeness (QED) is 0.437. The number of aromatic amines is 1. The number of nitrogens with zero attached hydrogens (tertiary/aromatic N) is 1. The predicted octanol–water partition coefficient (Wildman–Crippen LogP) is 3.89. The maximum atomic E-state index is 12.7. The Balaban J connectivity index is 1.62. The maximum absolute atomic E-state index is 12.7. The topological polar surface area (TPSA) is 66.5 Å². The Bertz CT molecular complexity index is 825. The Labute approximate surface area is 125 Å². The lowest BCUT2D eigenvalue weighted by Gasteiger charge is -2.00. The Hall–Kier alpha value is -3.15. The standard InChI is InChI=1S/C16H12FN3O2/c17-12-7-5-11(6-8-12)9-19-22-16(21)20-15-10-18-14-4-2-1-3-13(14)15/h1-10,18H,(H,20,21). The lowest BCUT2D eigenvalue weighted by Crippen LogP contribution is -2.10. The molecule has 1 amide bonds. The van der Waals surface area contributed by atoms with Crippen LogP contribution in [0.15, 0.2) is 59.9 Å². The number of halogens is 1. The highest BCUT2D eigenvalue weighted by molar-refractivity contribution is 5.99. The van der Waals surface area contributed by atoms with Crippen molar-refractivity contribution in [1.29, 1.82) is 0 Å². The van der Waals surface area contributed by atoms with Crippen LogP contribution >= 0.6 is 0 Å². The number of rotatable bonds is 3. The number of benzene rings is 2. The second kappa shape index (κ2) is 6.09. The van der Waals surface area contributed by atoms with Crippen molar-refractivity contribution >= 4 is 28.9 Å². The molecule has 6 heteroatoms. The van der Waals surface area contributed by atoms with E-state index >= 15 is 0 Å². The molecule has 0 aliphatic rings. The molecule has 5 nitrogen and oxygen atoms in total. The number of hydrogen-bond donors (Lipinski definition) is 2. The van der Waals surface area contributed by atoms with Crippen LogP contribution in [-0.2, 0) is 4.84 Å². The fraction of sp³-hybridized carbons (Fsp3) is 0. The molecule has 0 atom stereocenters. The zero-order valence-corrected chi connectivity index (χ0v) is 11.4. The van der Waals surface area contributed by atoms with Crippen LogP contribution in [-0.4, -0.2) is 17.3 Å². The average molecular weight is 297 g/mol.